The van der Waals surface area contributed by atoms with E-state index in [0.717, 1.165) is 15.3 Å². The second kappa shape index (κ2) is 12.9. The fraction of sp³-hybridized carbons (Fsp3) is 0.310. The number of carbonyl (C=O) groups excluding carboxylic acids is 3. The first-order valence-electron chi connectivity index (χ1n) is 12.7. The predicted molar refractivity (Wildman–Crippen MR) is 156 cm³/mol. The number of hydrogen-bond acceptors (Lipinski definition) is 8. The van der Waals surface area contributed by atoms with Gasteiger partial charge in [0.2, 0.25) is 11.8 Å². The minimum absolute atomic E-state index is 0.00828. The van der Waals surface area contributed by atoms with Gasteiger partial charge in [0.15, 0.2) is 0 Å². The number of thioether (sulfide) groups is 1. The number of hydrogen-bond donors (Lipinski definition) is 2. The molecule has 4 rings (SSSR count). The quantitative estimate of drug-likeness (QED) is 0.331. The third-order valence-electron chi connectivity index (χ3n) is 6.54. The highest BCUT2D eigenvalue weighted by molar-refractivity contribution is 8.00. The summed E-state index contributed by atoms with van der Waals surface area (Å²) in [5.74, 6) is 0.192. The summed E-state index contributed by atoms with van der Waals surface area (Å²) in [4.78, 5) is 41.7. The van der Waals surface area contributed by atoms with Crippen molar-refractivity contribution in [2.24, 2.45) is 0 Å². The molecular formula is C29H30N4O5S2. The number of carbonyl (C=O) groups is 3. The SMILES string of the molecule is CCC(Sc1cccc(NC(=O)c2c(OC)cccc2OC)c1)C(=O)Nc1sc2c(c1C#N)CCN(C(C)=O)C2. The Kier molecular flexibility index (Phi) is 9.34. The molecule has 3 amide bonds. The standard InChI is InChI=1S/C29H30N4O5S2/c1-5-24(27(35)32-29-21(15-30)20-12-13-33(17(2)34)16-25(20)40-29)39-19-9-6-8-18(14-19)31-28(36)26-22(37-3)10-7-11-23(26)38-4/h6-11,14,24H,5,12-13,16H2,1-4H3,(H,31,36)(H,32,35). The van der Waals surface area contributed by atoms with Crippen LogP contribution in [0.3, 0.4) is 0 Å². The normalized spacial score (nSPS) is 13.0. The number of methoxy groups -OCH3 is 2. The number of benzene rings is 2. The molecule has 40 heavy (non-hydrogen) atoms. The Bertz CT molecular complexity index is 1460. The minimum atomic E-state index is -0.431. The van der Waals surface area contributed by atoms with Crippen LogP contribution in [0.25, 0.3) is 0 Å². The van der Waals surface area contributed by atoms with Crippen molar-refractivity contribution in [2.45, 2.75) is 43.4 Å². The molecule has 11 heteroatoms. The molecule has 2 N–H and O–H groups in total. The van der Waals surface area contributed by atoms with Crippen molar-refractivity contribution in [1.29, 1.82) is 5.26 Å². The molecule has 2 aromatic carbocycles. The molecule has 0 bridgehead atoms. The Hall–Kier alpha value is -4.01. The molecule has 0 saturated heterocycles. The number of amides is 3. The molecule has 9 nitrogen and oxygen atoms in total. The van der Waals surface area contributed by atoms with E-state index in [1.807, 2.05) is 19.1 Å². The highest BCUT2D eigenvalue weighted by Crippen LogP contribution is 2.38. The zero-order valence-electron chi connectivity index (χ0n) is 22.7. The molecule has 1 atom stereocenters. The summed E-state index contributed by atoms with van der Waals surface area (Å²) in [5.41, 5.74) is 2.24. The van der Waals surface area contributed by atoms with Gasteiger partial charge in [-0.25, -0.2) is 0 Å². The van der Waals surface area contributed by atoms with Gasteiger partial charge in [-0.2, -0.15) is 5.26 Å². The highest BCUT2D eigenvalue weighted by Gasteiger charge is 2.28. The van der Waals surface area contributed by atoms with E-state index in [9.17, 15) is 19.6 Å². The maximum Gasteiger partial charge on any atom is 0.263 e. The first kappa shape index (κ1) is 29.0. The lowest BCUT2D eigenvalue weighted by molar-refractivity contribution is -0.129. The van der Waals surface area contributed by atoms with Crippen LogP contribution in [0.5, 0.6) is 11.5 Å². The van der Waals surface area contributed by atoms with Crippen molar-refractivity contribution in [3.8, 4) is 17.6 Å². The van der Waals surface area contributed by atoms with Gasteiger partial charge in [0.25, 0.3) is 5.91 Å². The monoisotopic (exact) mass is 578 g/mol. The van der Waals surface area contributed by atoms with Crippen LogP contribution >= 0.6 is 23.1 Å². The van der Waals surface area contributed by atoms with Gasteiger partial charge >= 0.3 is 0 Å². The van der Waals surface area contributed by atoms with Crippen LogP contribution in [0.1, 0.15) is 46.6 Å². The van der Waals surface area contributed by atoms with E-state index in [1.54, 1.807) is 35.2 Å². The fourth-order valence-corrected chi connectivity index (χ4v) is 6.70. The maximum absolute atomic E-state index is 13.3. The molecule has 2 heterocycles. The third-order valence-corrected chi connectivity index (χ3v) is 9.03. The van der Waals surface area contributed by atoms with Gasteiger partial charge < -0.3 is 25.0 Å². The second-order valence-electron chi connectivity index (χ2n) is 9.03. The van der Waals surface area contributed by atoms with Crippen molar-refractivity contribution in [2.75, 3.05) is 31.4 Å². The van der Waals surface area contributed by atoms with Crippen LogP contribution in [0, 0.1) is 11.3 Å². The lowest BCUT2D eigenvalue weighted by atomic mass is 10.0. The lowest BCUT2D eigenvalue weighted by Crippen LogP contribution is -2.33. The number of thiophene rings is 1. The third kappa shape index (κ3) is 6.24. The summed E-state index contributed by atoms with van der Waals surface area (Å²) in [6.45, 7) is 4.47. The first-order valence-corrected chi connectivity index (χ1v) is 14.4. The second-order valence-corrected chi connectivity index (χ2v) is 11.4. The van der Waals surface area contributed by atoms with E-state index >= 15 is 0 Å². The first-order chi connectivity index (χ1) is 19.3. The van der Waals surface area contributed by atoms with E-state index in [2.05, 4.69) is 16.7 Å². The number of rotatable bonds is 9. The molecule has 0 spiro atoms. The molecule has 1 aliphatic rings. The number of nitriles is 1. The average Bonchev–Trinajstić information content (AvgIpc) is 3.31. The van der Waals surface area contributed by atoms with E-state index in [4.69, 9.17) is 9.47 Å². The largest absolute Gasteiger partial charge is 0.496 e. The van der Waals surface area contributed by atoms with E-state index in [1.165, 1.54) is 44.2 Å². The van der Waals surface area contributed by atoms with Crippen molar-refractivity contribution in [3.63, 3.8) is 0 Å². The Labute approximate surface area is 241 Å². The van der Waals surface area contributed by atoms with Crippen molar-refractivity contribution in [3.05, 3.63) is 64.0 Å². The number of anilines is 2. The lowest BCUT2D eigenvalue weighted by Gasteiger charge is -2.25. The Morgan fingerprint density at radius 1 is 1.12 bits per heavy atom. The van der Waals surface area contributed by atoms with Crippen molar-refractivity contribution in [1.82, 2.24) is 4.90 Å². The Morgan fingerprint density at radius 3 is 2.45 bits per heavy atom. The molecule has 3 aromatic rings. The molecule has 0 aliphatic carbocycles. The highest BCUT2D eigenvalue weighted by atomic mass is 32.2. The Balaban J connectivity index is 1.47. The Morgan fingerprint density at radius 2 is 1.82 bits per heavy atom. The van der Waals surface area contributed by atoms with Crippen LogP contribution in [-0.4, -0.2) is 48.6 Å². The van der Waals surface area contributed by atoms with Gasteiger partial charge in [0, 0.05) is 28.9 Å². The molecule has 0 fully saturated rings. The number of nitrogens with zero attached hydrogens (tertiary/aromatic N) is 2. The number of fused-ring (bicyclic) bond motifs is 1. The average molecular weight is 579 g/mol. The summed E-state index contributed by atoms with van der Waals surface area (Å²) in [6, 6.07) is 14.6. The number of ether oxygens (including phenoxy) is 2. The van der Waals surface area contributed by atoms with Crippen molar-refractivity contribution < 1.29 is 23.9 Å². The predicted octanol–water partition coefficient (Wildman–Crippen LogP) is 5.30. The van der Waals surface area contributed by atoms with Crippen LogP contribution < -0.4 is 20.1 Å². The zero-order chi connectivity index (χ0) is 28.8. The van der Waals surface area contributed by atoms with Crippen molar-refractivity contribution >= 4 is 51.5 Å². The van der Waals surface area contributed by atoms with Gasteiger partial charge in [0.05, 0.1) is 31.6 Å². The summed E-state index contributed by atoms with van der Waals surface area (Å²) in [6.07, 6.45) is 1.14. The molecule has 0 saturated carbocycles. The van der Waals surface area contributed by atoms with Gasteiger partial charge in [-0.05, 0) is 48.7 Å². The summed E-state index contributed by atoms with van der Waals surface area (Å²) in [7, 11) is 2.98. The van der Waals surface area contributed by atoms with Gasteiger partial charge in [-0.3, -0.25) is 14.4 Å². The minimum Gasteiger partial charge on any atom is -0.496 e. The van der Waals surface area contributed by atoms with E-state index in [0.29, 0.717) is 53.7 Å². The van der Waals surface area contributed by atoms with Crippen LogP contribution in [-0.2, 0) is 22.6 Å². The smallest absolute Gasteiger partial charge is 0.263 e. The fourth-order valence-electron chi connectivity index (χ4n) is 4.47. The molecule has 0 radical (unpaired) electrons. The molecule has 208 valence electrons. The van der Waals surface area contributed by atoms with E-state index in [-0.39, 0.29) is 23.3 Å². The van der Waals surface area contributed by atoms with Crippen LogP contribution in [0.2, 0.25) is 0 Å². The van der Waals surface area contributed by atoms with Crippen LogP contribution in [0.4, 0.5) is 10.7 Å². The van der Waals surface area contributed by atoms with Gasteiger partial charge in [-0.1, -0.05) is 19.1 Å². The summed E-state index contributed by atoms with van der Waals surface area (Å²) >= 11 is 2.73. The van der Waals surface area contributed by atoms with Gasteiger partial charge in [-0.15, -0.1) is 23.1 Å². The topological polar surface area (TPSA) is 121 Å². The molecule has 1 unspecified atom stereocenters. The molecule has 1 aliphatic heterocycles. The molecular weight excluding hydrogens is 548 g/mol. The zero-order valence-corrected chi connectivity index (χ0v) is 24.3. The van der Waals surface area contributed by atoms with E-state index < -0.39 is 5.25 Å². The summed E-state index contributed by atoms with van der Waals surface area (Å²) < 4.78 is 10.7. The number of nitrogens with one attached hydrogen (secondary N) is 2. The van der Waals surface area contributed by atoms with Gasteiger partial charge in [0.1, 0.15) is 28.1 Å². The molecule has 1 aromatic heterocycles. The summed E-state index contributed by atoms with van der Waals surface area (Å²) in [5, 5.41) is 15.7. The van der Waals surface area contributed by atoms with Crippen LogP contribution in [0.15, 0.2) is 47.4 Å². The maximum atomic E-state index is 13.3.